The van der Waals surface area contributed by atoms with Gasteiger partial charge in [0, 0.05) is 6.54 Å². The minimum Gasteiger partial charge on any atom is -0.495 e. The van der Waals surface area contributed by atoms with E-state index in [9.17, 15) is 13.2 Å². The minimum atomic E-state index is -3.60. The van der Waals surface area contributed by atoms with E-state index in [1.54, 1.807) is 31.4 Å². The molecule has 3 rings (SSSR count). The van der Waals surface area contributed by atoms with Gasteiger partial charge in [-0.25, -0.2) is 8.42 Å². The van der Waals surface area contributed by atoms with E-state index in [0.717, 1.165) is 15.8 Å². The molecule has 3 aromatic rings. The number of hydrogen-bond acceptors (Lipinski definition) is 5. The van der Waals surface area contributed by atoms with Gasteiger partial charge in [0.05, 0.1) is 17.6 Å². The molecule has 1 amide bonds. The lowest BCUT2D eigenvalue weighted by molar-refractivity contribution is -0.115. The summed E-state index contributed by atoms with van der Waals surface area (Å²) in [5, 5.41) is 0. The van der Waals surface area contributed by atoms with Crippen molar-refractivity contribution in [3.63, 3.8) is 0 Å². The predicted octanol–water partition coefficient (Wildman–Crippen LogP) is 3.08. The lowest BCUT2D eigenvalue weighted by Crippen LogP contribution is -2.21. The molecule has 0 saturated heterocycles. The SMILES string of the molecule is CCn1c(=NC(=O)CS(=O)(=O)Cc2ccccc2)sc2c(C)ccc(OC)c21. The highest BCUT2D eigenvalue weighted by molar-refractivity contribution is 7.91. The molecule has 0 radical (unpaired) electrons. The van der Waals surface area contributed by atoms with Crippen LogP contribution in [0.15, 0.2) is 47.5 Å². The van der Waals surface area contributed by atoms with E-state index in [-0.39, 0.29) is 5.75 Å². The van der Waals surface area contributed by atoms with E-state index in [4.69, 9.17) is 4.74 Å². The molecule has 0 bridgehead atoms. The van der Waals surface area contributed by atoms with Gasteiger partial charge in [0.15, 0.2) is 14.6 Å². The van der Waals surface area contributed by atoms with Crippen molar-refractivity contribution in [1.82, 2.24) is 4.57 Å². The zero-order chi connectivity index (χ0) is 20.3. The molecule has 0 unspecified atom stereocenters. The van der Waals surface area contributed by atoms with E-state index >= 15 is 0 Å². The van der Waals surface area contributed by atoms with Crippen LogP contribution < -0.4 is 9.54 Å². The van der Waals surface area contributed by atoms with Crippen LogP contribution >= 0.6 is 11.3 Å². The molecule has 28 heavy (non-hydrogen) atoms. The molecule has 0 aliphatic rings. The maximum atomic E-state index is 12.4. The average Bonchev–Trinajstić information content (AvgIpc) is 3.00. The summed E-state index contributed by atoms with van der Waals surface area (Å²) in [6.07, 6.45) is 0. The number of aromatic nitrogens is 1. The summed E-state index contributed by atoms with van der Waals surface area (Å²) < 4.78 is 33.1. The number of thiazole rings is 1. The number of carbonyl (C=O) groups is 1. The number of rotatable bonds is 6. The van der Waals surface area contributed by atoms with Crippen molar-refractivity contribution in [3.05, 3.63) is 58.4 Å². The lowest BCUT2D eigenvalue weighted by Gasteiger charge is -2.07. The van der Waals surface area contributed by atoms with Gasteiger partial charge in [0.1, 0.15) is 17.0 Å². The second-order valence-electron chi connectivity index (χ2n) is 6.41. The first kappa shape index (κ1) is 20.3. The number of nitrogens with zero attached hydrogens (tertiary/aromatic N) is 2. The van der Waals surface area contributed by atoms with Crippen LogP contribution in [-0.4, -0.2) is 31.8 Å². The van der Waals surface area contributed by atoms with Crippen molar-refractivity contribution in [2.24, 2.45) is 4.99 Å². The maximum Gasteiger partial charge on any atom is 0.263 e. The van der Waals surface area contributed by atoms with Gasteiger partial charge in [0.2, 0.25) is 0 Å². The van der Waals surface area contributed by atoms with E-state index < -0.39 is 21.5 Å². The van der Waals surface area contributed by atoms with Gasteiger partial charge in [-0.2, -0.15) is 4.99 Å². The Morgan fingerprint density at radius 3 is 2.54 bits per heavy atom. The Balaban J connectivity index is 1.96. The normalized spacial score (nSPS) is 12.5. The fraction of sp³-hybridized carbons (Fsp3) is 0.300. The molecular weight excluding hydrogens is 396 g/mol. The van der Waals surface area contributed by atoms with E-state index in [2.05, 4.69) is 4.99 Å². The molecule has 0 aliphatic heterocycles. The number of hydrogen-bond donors (Lipinski definition) is 0. The summed E-state index contributed by atoms with van der Waals surface area (Å²) in [5.74, 6) is -0.760. The highest BCUT2D eigenvalue weighted by Crippen LogP contribution is 2.30. The van der Waals surface area contributed by atoms with Crippen LogP contribution in [0.1, 0.15) is 18.1 Å². The van der Waals surface area contributed by atoms with Crippen LogP contribution in [0.4, 0.5) is 0 Å². The molecule has 0 fully saturated rings. The molecule has 148 valence electrons. The lowest BCUT2D eigenvalue weighted by atomic mass is 10.2. The minimum absolute atomic E-state index is 0.178. The Labute approximate surface area is 168 Å². The number of fused-ring (bicyclic) bond motifs is 1. The molecular formula is C20H22N2O4S2. The van der Waals surface area contributed by atoms with Crippen LogP contribution in [0.5, 0.6) is 5.75 Å². The van der Waals surface area contributed by atoms with Crippen LogP contribution in [0.2, 0.25) is 0 Å². The van der Waals surface area contributed by atoms with Crippen molar-refractivity contribution in [2.75, 3.05) is 12.9 Å². The number of sulfone groups is 1. The second-order valence-corrected chi connectivity index (χ2v) is 9.46. The third kappa shape index (κ3) is 4.34. The van der Waals surface area contributed by atoms with Crippen LogP contribution in [0.3, 0.4) is 0 Å². The molecule has 1 aromatic heterocycles. The zero-order valence-electron chi connectivity index (χ0n) is 16.0. The summed E-state index contributed by atoms with van der Waals surface area (Å²) in [4.78, 5) is 17.0. The Bertz CT molecular complexity index is 1180. The standard InChI is InChI=1S/C20H22N2O4S2/c1-4-22-18-16(26-3)11-10-14(2)19(18)27-20(22)21-17(23)13-28(24,25)12-15-8-6-5-7-9-15/h5-11H,4,12-13H2,1-3H3. The first-order chi connectivity index (χ1) is 13.3. The van der Waals surface area contributed by atoms with Crippen LogP contribution in [0, 0.1) is 6.92 Å². The van der Waals surface area contributed by atoms with Crippen molar-refractivity contribution in [2.45, 2.75) is 26.1 Å². The molecule has 6 nitrogen and oxygen atoms in total. The van der Waals surface area contributed by atoms with Gasteiger partial charge in [-0.3, -0.25) is 4.79 Å². The third-order valence-electron chi connectivity index (χ3n) is 4.31. The van der Waals surface area contributed by atoms with Gasteiger partial charge >= 0.3 is 0 Å². The van der Waals surface area contributed by atoms with Gasteiger partial charge in [-0.15, -0.1) is 0 Å². The first-order valence-electron chi connectivity index (χ1n) is 8.83. The number of benzene rings is 2. The largest absolute Gasteiger partial charge is 0.495 e. The number of amides is 1. The monoisotopic (exact) mass is 418 g/mol. The topological polar surface area (TPSA) is 77.7 Å². The quantitative estimate of drug-likeness (QED) is 0.616. The molecule has 0 saturated carbocycles. The molecule has 0 aliphatic carbocycles. The summed E-state index contributed by atoms with van der Waals surface area (Å²) in [5.41, 5.74) is 2.57. The fourth-order valence-corrected chi connectivity index (χ4v) is 5.47. The number of methoxy groups -OCH3 is 1. The highest BCUT2D eigenvalue weighted by atomic mass is 32.2. The van der Waals surface area contributed by atoms with Gasteiger partial charge in [0.25, 0.3) is 5.91 Å². The van der Waals surface area contributed by atoms with Crippen molar-refractivity contribution < 1.29 is 17.9 Å². The molecule has 0 atom stereocenters. The first-order valence-corrected chi connectivity index (χ1v) is 11.5. The van der Waals surface area contributed by atoms with Crippen molar-refractivity contribution >= 4 is 37.3 Å². The van der Waals surface area contributed by atoms with Crippen LogP contribution in [-0.2, 0) is 26.9 Å². The number of aryl methyl sites for hydroxylation is 2. The van der Waals surface area contributed by atoms with Gasteiger partial charge < -0.3 is 9.30 Å². The summed E-state index contributed by atoms with van der Waals surface area (Å²) in [6.45, 7) is 4.51. The summed E-state index contributed by atoms with van der Waals surface area (Å²) in [6, 6.07) is 12.6. The van der Waals surface area contributed by atoms with Crippen molar-refractivity contribution in [1.29, 1.82) is 0 Å². The molecule has 2 aromatic carbocycles. The third-order valence-corrected chi connectivity index (χ3v) is 6.99. The Kier molecular flexibility index (Phi) is 6.00. The summed E-state index contributed by atoms with van der Waals surface area (Å²) >= 11 is 1.36. The number of carbonyl (C=O) groups excluding carboxylic acids is 1. The summed E-state index contributed by atoms with van der Waals surface area (Å²) in [7, 11) is -2.00. The highest BCUT2D eigenvalue weighted by Gasteiger charge is 2.18. The Hall–Kier alpha value is -2.45. The smallest absolute Gasteiger partial charge is 0.263 e. The predicted molar refractivity (Wildman–Crippen MR) is 111 cm³/mol. The maximum absolute atomic E-state index is 12.4. The van der Waals surface area contributed by atoms with Gasteiger partial charge in [-0.05, 0) is 31.0 Å². The van der Waals surface area contributed by atoms with Crippen molar-refractivity contribution in [3.8, 4) is 5.75 Å². The second kappa shape index (κ2) is 8.28. The Morgan fingerprint density at radius 1 is 1.18 bits per heavy atom. The fourth-order valence-electron chi connectivity index (χ4n) is 3.03. The molecule has 0 N–H and O–H groups in total. The Morgan fingerprint density at radius 2 is 1.89 bits per heavy atom. The molecule has 1 heterocycles. The zero-order valence-corrected chi connectivity index (χ0v) is 17.6. The van der Waals surface area contributed by atoms with E-state index in [0.29, 0.717) is 22.7 Å². The van der Waals surface area contributed by atoms with E-state index in [1.807, 2.05) is 36.6 Å². The molecule has 8 heteroatoms. The van der Waals surface area contributed by atoms with E-state index in [1.165, 1.54) is 11.3 Å². The molecule has 0 spiro atoms. The van der Waals surface area contributed by atoms with Gasteiger partial charge in [-0.1, -0.05) is 47.7 Å². The number of ether oxygens (including phenoxy) is 1. The average molecular weight is 419 g/mol. The van der Waals surface area contributed by atoms with Crippen LogP contribution in [0.25, 0.3) is 10.2 Å².